The van der Waals surface area contributed by atoms with Crippen LogP contribution < -0.4 is 5.32 Å². The minimum atomic E-state index is -0.577. The van der Waals surface area contributed by atoms with Crippen LogP contribution in [0.3, 0.4) is 0 Å². The van der Waals surface area contributed by atoms with Gasteiger partial charge in [-0.05, 0) is 32.8 Å². The van der Waals surface area contributed by atoms with Crippen LogP contribution in [0.5, 0.6) is 0 Å². The predicted molar refractivity (Wildman–Crippen MR) is 91.6 cm³/mol. The number of thiazole rings is 1. The average molecular weight is 333 g/mol. The Kier molecular flexibility index (Phi) is 4.89. The van der Waals surface area contributed by atoms with Gasteiger partial charge in [-0.3, -0.25) is 4.90 Å². The number of rotatable bonds is 4. The minimum absolute atomic E-state index is 0.577. The van der Waals surface area contributed by atoms with Crippen LogP contribution in [0.4, 0.5) is 5.13 Å². The summed E-state index contributed by atoms with van der Waals surface area (Å²) in [6.07, 6.45) is 3.28. The maximum atomic E-state index is 9.35. The Hall–Kier alpha value is -1.57. The third kappa shape index (κ3) is 4.04. The highest BCUT2D eigenvalue weighted by Gasteiger charge is 2.18. The molecule has 23 heavy (non-hydrogen) atoms. The first-order valence-electron chi connectivity index (χ1n) is 7.96. The second kappa shape index (κ2) is 6.90. The fraction of sp³-hybridized carbons (Fsp3) is 0.562. The third-order valence-electron chi connectivity index (χ3n) is 4.02. The first-order chi connectivity index (χ1) is 11.0. The van der Waals surface area contributed by atoms with Crippen LogP contribution in [0.25, 0.3) is 0 Å². The third-order valence-corrected chi connectivity index (χ3v) is 4.93. The van der Waals surface area contributed by atoms with Crippen molar-refractivity contribution in [2.24, 2.45) is 0 Å². The minimum Gasteiger partial charge on any atom is -0.374 e. The summed E-state index contributed by atoms with van der Waals surface area (Å²) in [6, 6.07) is 0. The molecule has 0 saturated heterocycles. The number of fused-ring (bicyclic) bond motifs is 1. The molecule has 6 nitrogen and oxygen atoms in total. The molecule has 0 radical (unpaired) electrons. The van der Waals surface area contributed by atoms with Crippen molar-refractivity contribution in [3.8, 4) is 0 Å². The molecule has 0 aliphatic carbocycles. The Morgan fingerprint density at radius 1 is 1.30 bits per heavy atom. The van der Waals surface area contributed by atoms with Gasteiger partial charge in [-0.1, -0.05) is 0 Å². The van der Waals surface area contributed by atoms with Gasteiger partial charge < -0.3 is 10.4 Å². The summed E-state index contributed by atoms with van der Waals surface area (Å²) >= 11 is 1.60. The molecular formula is C16H23N5OS. The number of hydrogen-bond donors (Lipinski definition) is 2. The van der Waals surface area contributed by atoms with Gasteiger partial charge in [0.1, 0.15) is 12.1 Å². The second-order valence-corrected chi connectivity index (χ2v) is 7.12. The summed E-state index contributed by atoms with van der Waals surface area (Å²) in [4.78, 5) is 17.1. The van der Waals surface area contributed by atoms with Crippen LogP contribution in [0.15, 0.2) is 6.20 Å². The van der Waals surface area contributed by atoms with E-state index >= 15 is 0 Å². The summed E-state index contributed by atoms with van der Waals surface area (Å²) in [7, 11) is 0. The lowest BCUT2D eigenvalue weighted by molar-refractivity contribution is 0.224. The molecular weight excluding hydrogens is 310 g/mol. The van der Waals surface area contributed by atoms with Crippen molar-refractivity contribution in [3.63, 3.8) is 0 Å². The number of hydrogen-bond acceptors (Lipinski definition) is 7. The molecule has 2 aromatic heterocycles. The standard InChI is InChI=1S/C16H23N5OS/c1-10-14-4-6-21(7-5-15(14)19-11(2)18-10)9-13-8-17-16(23-13)20-12(3)22/h8,12,22H,4-7,9H2,1-3H3,(H,17,20). The fourth-order valence-electron chi connectivity index (χ4n) is 2.99. The number of nitrogens with zero attached hydrogens (tertiary/aromatic N) is 4. The Bertz CT molecular complexity index is 685. The lowest BCUT2D eigenvalue weighted by Crippen LogP contribution is -2.25. The van der Waals surface area contributed by atoms with Crippen molar-refractivity contribution in [2.45, 2.75) is 46.4 Å². The Morgan fingerprint density at radius 3 is 2.87 bits per heavy atom. The number of aliphatic hydroxyl groups is 1. The van der Waals surface area contributed by atoms with E-state index in [-0.39, 0.29) is 0 Å². The lowest BCUT2D eigenvalue weighted by Gasteiger charge is -2.18. The molecule has 3 rings (SSSR count). The molecule has 7 heteroatoms. The van der Waals surface area contributed by atoms with Crippen molar-refractivity contribution in [3.05, 3.63) is 33.8 Å². The summed E-state index contributed by atoms with van der Waals surface area (Å²) in [5.74, 6) is 0.867. The number of nitrogens with one attached hydrogen (secondary N) is 1. The molecule has 0 fully saturated rings. The van der Waals surface area contributed by atoms with Crippen molar-refractivity contribution in [2.75, 3.05) is 18.4 Å². The van der Waals surface area contributed by atoms with Crippen molar-refractivity contribution in [1.82, 2.24) is 19.9 Å². The van der Waals surface area contributed by atoms with Gasteiger partial charge in [-0.2, -0.15) is 0 Å². The maximum Gasteiger partial charge on any atom is 0.184 e. The van der Waals surface area contributed by atoms with Crippen LogP contribution in [-0.4, -0.2) is 44.3 Å². The van der Waals surface area contributed by atoms with Crippen LogP contribution in [0.1, 0.15) is 34.6 Å². The van der Waals surface area contributed by atoms with E-state index in [0.717, 1.165) is 49.1 Å². The van der Waals surface area contributed by atoms with Crippen LogP contribution >= 0.6 is 11.3 Å². The maximum absolute atomic E-state index is 9.35. The molecule has 1 unspecified atom stereocenters. The van der Waals surface area contributed by atoms with E-state index in [4.69, 9.17) is 0 Å². The first kappa shape index (κ1) is 16.3. The molecule has 2 N–H and O–H groups in total. The molecule has 2 aromatic rings. The Labute approximate surface area is 140 Å². The van der Waals surface area contributed by atoms with Gasteiger partial charge in [-0.25, -0.2) is 15.0 Å². The number of aryl methyl sites for hydroxylation is 2. The molecule has 0 bridgehead atoms. The highest BCUT2D eigenvalue weighted by Crippen LogP contribution is 2.22. The van der Waals surface area contributed by atoms with Gasteiger partial charge in [0.25, 0.3) is 0 Å². The summed E-state index contributed by atoms with van der Waals surface area (Å²) in [5.41, 5.74) is 3.65. The molecule has 0 saturated carbocycles. The quantitative estimate of drug-likeness (QED) is 0.833. The van der Waals surface area contributed by atoms with Crippen molar-refractivity contribution in [1.29, 1.82) is 0 Å². The monoisotopic (exact) mass is 333 g/mol. The van der Waals surface area contributed by atoms with Crippen LogP contribution in [0, 0.1) is 13.8 Å². The predicted octanol–water partition coefficient (Wildman–Crippen LogP) is 1.90. The van der Waals surface area contributed by atoms with E-state index in [1.807, 2.05) is 13.1 Å². The van der Waals surface area contributed by atoms with E-state index in [1.54, 1.807) is 18.3 Å². The molecule has 0 spiro atoms. The number of anilines is 1. The van der Waals surface area contributed by atoms with Crippen LogP contribution in [-0.2, 0) is 19.4 Å². The zero-order valence-corrected chi connectivity index (χ0v) is 14.7. The second-order valence-electron chi connectivity index (χ2n) is 6.01. The zero-order chi connectivity index (χ0) is 16.4. The topological polar surface area (TPSA) is 74.2 Å². The first-order valence-corrected chi connectivity index (χ1v) is 8.77. The van der Waals surface area contributed by atoms with Gasteiger partial charge in [0.2, 0.25) is 0 Å². The highest BCUT2D eigenvalue weighted by atomic mass is 32.1. The van der Waals surface area contributed by atoms with E-state index < -0.39 is 6.23 Å². The molecule has 1 aliphatic heterocycles. The average Bonchev–Trinajstić information content (AvgIpc) is 2.78. The van der Waals surface area contributed by atoms with Crippen LogP contribution in [0.2, 0.25) is 0 Å². The van der Waals surface area contributed by atoms with Crippen molar-refractivity contribution < 1.29 is 5.11 Å². The largest absolute Gasteiger partial charge is 0.374 e. The fourth-order valence-corrected chi connectivity index (χ4v) is 3.92. The number of aromatic nitrogens is 3. The van der Waals surface area contributed by atoms with Gasteiger partial charge >= 0.3 is 0 Å². The van der Waals surface area contributed by atoms with E-state index in [9.17, 15) is 5.11 Å². The van der Waals surface area contributed by atoms with Crippen molar-refractivity contribution >= 4 is 16.5 Å². The molecule has 0 aromatic carbocycles. The molecule has 1 atom stereocenters. The van der Waals surface area contributed by atoms with E-state index in [0.29, 0.717) is 0 Å². The Balaban J connectivity index is 1.65. The smallest absolute Gasteiger partial charge is 0.184 e. The lowest BCUT2D eigenvalue weighted by atomic mass is 10.1. The normalized spacial score (nSPS) is 16.7. The molecule has 3 heterocycles. The summed E-state index contributed by atoms with van der Waals surface area (Å²) in [5, 5.41) is 13.1. The molecule has 0 amide bonds. The molecule has 1 aliphatic rings. The van der Waals surface area contributed by atoms with Gasteiger partial charge in [0.05, 0.1) is 0 Å². The molecule has 124 valence electrons. The van der Waals surface area contributed by atoms with E-state index in [1.165, 1.54) is 16.1 Å². The Morgan fingerprint density at radius 2 is 2.09 bits per heavy atom. The van der Waals surface area contributed by atoms with Gasteiger partial charge in [0.15, 0.2) is 5.13 Å². The SMILES string of the molecule is Cc1nc(C)c2c(n1)CCN(Cc1cnc(NC(C)O)s1)CC2. The highest BCUT2D eigenvalue weighted by molar-refractivity contribution is 7.15. The van der Waals surface area contributed by atoms with Gasteiger partial charge in [0, 0.05) is 48.5 Å². The zero-order valence-electron chi connectivity index (χ0n) is 13.8. The van der Waals surface area contributed by atoms with Gasteiger partial charge in [-0.15, -0.1) is 11.3 Å². The summed E-state index contributed by atoms with van der Waals surface area (Å²) < 4.78 is 0. The van der Waals surface area contributed by atoms with E-state index in [2.05, 4.69) is 32.1 Å². The number of aliphatic hydroxyl groups excluding tert-OH is 1. The summed E-state index contributed by atoms with van der Waals surface area (Å²) in [6.45, 7) is 8.64.